The van der Waals surface area contributed by atoms with Crippen LogP contribution in [0.1, 0.15) is 36.9 Å². The number of nitrogens with one attached hydrogen (secondary N) is 1. The number of hydrogen-bond donors (Lipinski definition) is 2. The molecule has 3 N–H and O–H groups in total. The van der Waals surface area contributed by atoms with Crippen molar-refractivity contribution < 1.29 is 4.39 Å². The minimum absolute atomic E-state index is 0.132. The number of rotatable bonds is 4. The van der Waals surface area contributed by atoms with E-state index >= 15 is 0 Å². The lowest BCUT2D eigenvalue weighted by atomic mass is 9.89. The van der Waals surface area contributed by atoms with Crippen molar-refractivity contribution in [3.63, 3.8) is 0 Å². The molecular weight excluding hydrogens is 203 g/mol. The molecule has 3 heteroatoms. The Morgan fingerprint density at radius 3 is 2.62 bits per heavy atom. The highest BCUT2D eigenvalue weighted by atomic mass is 19.1. The van der Waals surface area contributed by atoms with Gasteiger partial charge in [0, 0.05) is 6.04 Å². The summed E-state index contributed by atoms with van der Waals surface area (Å²) >= 11 is 0. The first-order chi connectivity index (χ1) is 7.63. The molecule has 2 unspecified atom stereocenters. The van der Waals surface area contributed by atoms with Gasteiger partial charge in [0.1, 0.15) is 5.82 Å². The number of hydrogen-bond acceptors (Lipinski definition) is 2. The second-order valence-corrected chi connectivity index (χ2v) is 4.84. The first-order valence-corrected chi connectivity index (χ1v) is 5.85. The van der Waals surface area contributed by atoms with Gasteiger partial charge in [0.15, 0.2) is 0 Å². The van der Waals surface area contributed by atoms with Crippen LogP contribution in [0.4, 0.5) is 4.39 Å². The minimum atomic E-state index is -0.184. The van der Waals surface area contributed by atoms with Crippen LogP contribution in [0.3, 0.4) is 0 Å². The zero-order valence-corrected chi connectivity index (χ0v) is 9.83. The molecule has 0 radical (unpaired) electrons. The van der Waals surface area contributed by atoms with Crippen molar-refractivity contribution in [1.82, 2.24) is 5.43 Å². The monoisotopic (exact) mass is 222 g/mol. The van der Waals surface area contributed by atoms with Crippen LogP contribution in [0.2, 0.25) is 0 Å². The summed E-state index contributed by atoms with van der Waals surface area (Å²) in [6.45, 7) is 4.15. The molecular formula is C13H19FN2. The molecule has 0 spiro atoms. The molecule has 0 aliphatic heterocycles. The van der Waals surface area contributed by atoms with Gasteiger partial charge in [-0.25, -0.2) is 4.39 Å². The topological polar surface area (TPSA) is 38.0 Å². The SMILES string of the molecule is Cc1cc(F)ccc1C(NN)C(C)C1CC1. The van der Waals surface area contributed by atoms with Gasteiger partial charge in [0.05, 0.1) is 0 Å². The van der Waals surface area contributed by atoms with Crippen LogP contribution in [0.15, 0.2) is 18.2 Å². The molecule has 88 valence electrons. The van der Waals surface area contributed by atoms with Gasteiger partial charge >= 0.3 is 0 Å². The number of hydrazine groups is 1. The molecule has 1 aromatic rings. The highest BCUT2D eigenvalue weighted by molar-refractivity contribution is 5.30. The summed E-state index contributed by atoms with van der Waals surface area (Å²) in [6, 6.07) is 5.05. The van der Waals surface area contributed by atoms with Gasteiger partial charge in [-0.1, -0.05) is 13.0 Å². The maximum atomic E-state index is 13.0. The van der Waals surface area contributed by atoms with Crippen LogP contribution in [0, 0.1) is 24.6 Å². The second-order valence-electron chi connectivity index (χ2n) is 4.84. The van der Waals surface area contributed by atoms with Crippen molar-refractivity contribution in [3.8, 4) is 0 Å². The van der Waals surface area contributed by atoms with Gasteiger partial charge in [-0.05, 0) is 54.9 Å². The lowest BCUT2D eigenvalue weighted by Gasteiger charge is -2.25. The molecule has 0 saturated heterocycles. The zero-order chi connectivity index (χ0) is 11.7. The lowest BCUT2D eigenvalue weighted by molar-refractivity contribution is 0.352. The fraction of sp³-hybridized carbons (Fsp3) is 0.538. The minimum Gasteiger partial charge on any atom is -0.271 e. The molecule has 1 aromatic carbocycles. The van der Waals surface area contributed by atoms with E-state index in [0.717, 1.165) is 17.0 Å². The van der Waals surface area contributed by atoms with Crippen LogP contribution in [-0.4, -0.2) is 0 Å². The van der Waals surface area contributed by atoms with E-state index in [9.17, 15) is 4.39 Å². The molecule has 0 bridgehead atoms. The Morgan fingerprint density at radius 1 is 1.44 bits per heavy atom. The van der Waals surface area contributed by atoms with Gasteiger partial charge in [-0.3, -0.25) is 11.3 Å². The first-order valence-electron chi connectivity index (χ1n) is 5.85. The molecule has 0 aromatic heterocycles. The highest BCUT2D eigenvalue weighted by Gasteiger charge is 2.34. The molecule has 1 aliphatic rings. The standard InChI is InChI=1S/C13H19FN2/c1-8-7-11(14)5-6-12(8)13(16-15)9(2)10-3-4-10/h5-7,9-10,13,16H,3-4,15H2,1-2H3. The highest BCUT2D eigenvalue weighted by Crippen LogP contribution is 2.42. The maximum Gasteiger partial charge on any atom is 0.123 e. The third kappa shape index (κ3) is 2.25. The van der Waals surface area contributed by atoms with Gasteiger partial charge in [-0.2, -0.15) is 0 Å². The normalized spacial score (nSPS) is 19.5. The van der Waals surface area contributed by atoms with E-state index in [1.54, 1.807) is 6.07 Å². The fourth-order valence-corrected chi connectivity index (χ4v) is 2.41. The molecule has 2 rings (SSSR count). The number of halogens is 1. The Morgan fingerprint density at radius 2 is 2.12 bits per heavy atom. The molecule has 1 fully saturated rings. The Hall–Kier alpha value is -0.930. The summed E-state index contributed by atoms with van der Waals surface area (Å²) in [4.78, 5) is 0. The first kappa shape index (κ1) is 11.6. The third-order valence-electron chi connectivity index (χ3n) is 3.64. The molecule has 1 saturated carbocycles. The summed E-state index contributed by atoms with van der Waals surface area (Å²) < 4.78 is 13.0. The van der Waals surface area contributed by atoms with E-state index in [2.05, 4.69) is 12.3 Å². The van der Waals surface area contributed by atoms with Crippen LogP contribution in [0.5, 0.6) is 0 Å². The van der Waals surface area contributed by atoms with E-state index in [4.69, 9.17) is 5.84 Å². The Kier molecular flexibility index (Phi) is 3.26. The van der Waals surface area contributed by atoms with E-state index in [1.807, 2.05) is 13.0 Å². The molecule has 0 heterocycles. The van der Waals surface area contributed by atoms with Crippen molar-refractivity contribution >= 4 is 0 Å². The molecule has 16 heavy (non-hydrogen) atoms. The van der Waals surface area contributed by atoms with E-state index < -0.39 is 0 Å². The van der Waals surface area contributed by atoms with E-state index in [1.165, 1.54) is 18.9 Å². The zero-order valence-electron chi connectivity index (χ0n) is 9.83. The van der Waals surface area contributed by atoms with Crippen molar-refractivity contribution in [1.29, 1.82) is 0 Å². The molecule has 2 nitrogen and oxygen atoms in total. The van der Waals surface area contributed by atoms with E-state index in [0.29, 0.717) is 5.92 Å². The summed E-state index contributed by atoms with van der Waals surface area (Å²) in [7, 11) is 0. The molecule has 0 amide bonds. The molecule has 2 atom stereocenters. The maximum absolute atomic E-state index is 13.0. The largest absolute Gasteiger partial charge is 0.271 e. The van der Waals surface area contributed by atoms with Gasteiger partial charge in [-0.15, -0.1) is 0 Å². The smallest absolute Gasteiger partial charge is 0.123 e. The predicted octanol–water partition coefficient (Wildman–Crippen LogP) is 2.68. The Balaban J connectivity index is 2.24. The van der Waals surface area contributed by atoms with E-state index in [-0.39, 0.29) is 11.9 Å². The summed E-state index contributed by atoms with van der Waals surface area (Å²) in [5.41, 5.74) is 4.96. The van der Waals surface area contributed by atoms with Crippen LogP contribution < -0.4 is 11.3 Å². The van der Waals surface area contributed by atoms with Gasteiger partial charge in [0.25, 0.3) is 0 Å². The second kappa shape index (κ2) is 4.52. The fourth-order valence-electron chi connectivity index (χ4n) is 2.41. The quantitative estimate of drug-likeness (QED) is 0.607. The van der Waals surface area contributed by atoms with Crippen molar-refractivity contribution in [3.05, 3.63) is 35.1 Å². The van der Waals surface area contributed by atoms with Gasteiger partial charge in [0.2, 0.25) is 0 Å². The average molecular weight is 222 g/mol. The summed E-state index contributed by atoms with van der Waals surface area (Å²) in [6.07, 6.45) is 2.58. The molecule has 1 aliphatic carbocycles. The van der Waals surface area contributed by atoms with Crippen molar-refractivity contribution in [2.45, 2.75) is 32.7 Å². The van der Waals surface area contributed by atoms with Crippen LogP contribution >= 0.6 is 0 Å². The number of nitrogens with two attached hydrogens (primary N) is 1. The van der Waals surface area contributed by atoms with Gasteiger partial charge < -0.3 is 0 Å². The van der Waals surface area contributed by atoms with Crippen molar-refractivity contribution in [2.24, 2.45) is 17.7 Å². The Labute approximate surface area is 96.0 Å². The van der Waals surface area contributed by atoms with Crippen molar-refractivity contribution in [2.75, 3.05) is 0 Å². The number of benzene rings is 1. The Bertz CT molecular complexity index is 374. The number of aryl methyl sites for hydroxylation is 1. The third-order valence-corrected chi connectivity index (χ3v) is 3.64. The summed E-state index contributed by atoms with van der Waals surface area (Å²) in [5, 5.41) is 0. The average Bonchev–Trinajstić information content (AvgIpc) is 3.05. The van der Waals surface area contributed by atoms with Crippen LogP contribution in [0.25, 0.3) is 0 Å². The van der Waals surface area contributed by atoms with Crippen LogP contribution in [-0.2, 0) is 0 Å². The summed E-state index contributed by atoms with van der Waals surface area (Å²) in [5.74, 6) is 6.73. The lowest BCUT2D eigenvalue weighted by Crippen LogP contribution is -2.33. The predicted molar refractivity (Wildman–Crippen MR) is 63.1 cm³/mol.